The Bertz CT molecular complexity index is 1330. The van der Waals surface area contributed by atoms with Crippen molar-refractivity contribution in [2.45, 2.75) is 27.7 Å². The Morgan fingerprint density at radius 3 is 2.30 bits per heavy atom. The molecule has 1 amide bonds. The summed E-state index contributed by atoms with van der Waals surface area (Å²) in [7, 11) is 1.32. The van der Waals surface area contributed by atoms with Crippen molar-refractivity contribution in [1.82, 2.24) is 4.57 Å². The molecule has 1 aliphatic heterocycles. The Kier molecular flexibility index (Phi) is 6.00. The molecule has 2 heterocycles. The second kappa shape index (κ2) is 8.75. The highest BCUT2D eigenvalue weighted by Gasteiger charge is 2.38. The third kappa shape index (κ3) is 4.00. The van der Waals surface area contributed by atoms with E-state index in [0.717, 1.165) is 28.2 Å². The Labute approximate surface area is 198 Å². The second-order valence-electron chi connectivity index (χ2n) is 8.13. The van der Waals surface area contributed by atoms with E-state index in [-0.39, 0.29) is 11.5 Å². The van der Waals surface area contributed by atoms with Gasteiger partial charge in [0.05, 0.1) is 18.3 Å². The number of rotatable bonds is 4. The van der Waals surface area contributed by atoms with Gasteiger partial charge in [0.15, 0.2) is 0 Å². The molecule has 2 aromatic carbocycles. The Hall–Kier alpha value is -3.57. The van der Waals surface area contributed by atoms with E-state index in [2.05, 4.69) is 4.57 Å². The smallest absolute Gasteiger partial charge is 0.340 e. The summed E-state index contributed by atoms with van der Waals surface area (Å²) in [6.07, 6.45) is 1.77. The maximum atomic E-state index is 13.5. The number of methoxy groups -OCH3 is 1. The van der Waals surface area contributed by atoms with Crippen molar-refractivity contribution >= 4 is 35.2 Å². The van der Waals surface area contributed by atoms with Crippen LogP contribution in [0.3, 0.4) is 0 Å². The number of halogens is 1. The summed E-state index contributed by atoms with van der Waals surface area (Å²) < 4.78 is 7.10. The molecule has 1 aliphatic rings. The van der Waals surface area contributed by atoms with Crippen molar-refractivity contribution in [3.05, 3.63) is 99.0 Å². The van der Waals surface area contributed by atoms with Crippen LogP contribution in [0.1, 0.15) is 29.4 Å². The number of hydrogen-bond donors (Lipinski definition) is 0. The lowest BCUT2D eigenvalue weighted by atomic mass is 10.0. The van der Waals surface area contributed by atoms with Gasteiger partial charge in [-0.1, -0.05) is 35.4 Å². The largest absolute Gasteiger partial charge is 0.465 e. The molecule has 0 aliphatic carbocycles. The van der Waals surface area contributed by atoms with Gasteiger partial charge >= 0.3 is 5.97 Å². The van der Waals surface area contributed by atoms with Gasteiger partial charge in [-0.05, 0) is 75.7 Å². The van der Waals surface area contributed by atoms with Gasteiger partial charge in [0, 0.05) is 33.5 Å². The van der Waals surface area contributed by atoms with Gasteiger partial charge in [-0.15, -0.1) is 0 Å². The summed E-state index contributed by atoms with van der Waals surface area (Å²) in [4.78, 5) is 27.8. The molecule has 0 saturated carbocycles. The van der Waals surface area contributed by atoms with Crippen LogP contribution in [-0.2, 0) is 14.3 Å². The molecule has 168 valence electrons. The predicted molar refractivity (Wildman–Crippen MR) is 132 cm³/mol. The van der Waals surface area contributed by atoms with Crippen LogP contribution in [0, 0.1) is 20.8 Å². The van der Waals surface area contributed by atoms with Crippen LogP contribution in [0.25, 0.3) is 11.8 Å². The summed E-state index contributed by atoms with van der Waals surface area (Å²) in [5.41, 5.74) is 6.62. The second-order valence-corrected chi connectivity index (χ2v) is 8.56. The van der Waals surface area contributed by atoms with Gasteiger partial charge in [0.2, 0.25) is 0 Å². The molecule has 4 rings (SSSR count). The Balaban J connectivity index is 1.85. The normalized spacial score (nSPS) is 15.0. The van der Waals surface area contributed by atoms with E-state index < -0.39 is 5.97 Å². The summed E-state index contributed by atoms with van der Waals surface area (Å²) in [6, 6.07) is 17.2. The molecule has 5 nitrogen and oxygen atoms in total. The number of ether oxygens (including phenoxy) is 1. The van der Waals surface area contributed by atoms with Gasteiger partial charge in [-0.2, -0.15) is 0 Å². The maximum absolute atomic E-state index is 13.5. The lowest BCUT2D eigenvalue weighted by molar-refractivity contribution is -0.136. The predicted octanol–water partition coefficient (Wildman–Crippen LogP) is 5.93. The average Bonchev–Trinajstić information content (AvgIpc) is 3.20. The fourth-order valence-electron chi connectivity index (χ4n) is 4.29. The van der Waals surface area contributed by atoms with Crippen LogP contribution in [-0.4, -0.2) is 23.6 Å². The molecule has 0 unspecified atom stereocenters. The van der Waals surface area contributed by atoms with Crippen molar-refractivity contribution < 1.29 is 14.3 Å². The van der Waals surface area contributed by atoms with Crippen molar-refractivity contribution in [3.8, 4) is 5.69 Å². The summed E-state index contributed by atoms with van der Waals surface area (Å²) in [6.45, 7) is 7.72. The molecular formula is C27H25ClN2O3. The first kappa shape index (κ1) is 22.6. The molecule has 3 aromatic rings. The van der Waals surface area contributed by atoms with Crippen molar-refractivity contribution in [1.29, 1.82) is 0 Å². The lowest BCUT2D eigenvalue weighted by Crippen LogP contribution is -2.24. The quantitative estimate of drug-likeness (QED) is 0.358. The van der Waals surface area contributed by atoms with Gasteiger partial charge < -0.3 is 9.30 Å². The Morgan fingerprint density at radius 2 is 1.67 bits per heavy atom. The number of amides is 1. The van der Waals surface area contributed by atoms with Crippen LogP contribution >= 0.6 is 11.6 Å². The standard InChI is InChI=1S/C27H25ClN2O3/c1-16-9-11-22(12-10-16)30-19(4)25(27(32)33-5)24(26(30)31)14-20-13-17(2)29(18(20)3)23-8-6-7-21(28)15-23/h6-15H,1-5H3/b24-14-. The first-order chi connectivity index (χ1) is 15.7. The molecule has 6 heteroatoms. The van der Waals surface area contributed by atoms with Crippen molar-refractivity contribution in [2.24, 2.45) is 0 Å². The number of carbonyl (C=O) groups excluding carboxylic acids is 2. The van der Waals surface area contributed by atoms with E-state index in [1.807, 2.05) is 75.4 Å². The number of hydrogen-bond acceptors (Lipinski definition) is 3. The van der Waals surface area contributed by atoms with Crippen LogP contribution in [0.4, 0.5) is 5.69 Å². The number of benzene rings is 2. The molecule has 33 heavy (non-hydrogen) atoms. The molecule has 0 bridgehead atoms. The average molecular weight is 461 g/mol. The van der Waals surface area contributed by atoms with E-state index in [1.54, 1.807) is 17.9 Å². The topological polar surface area (TPSA) is 51.5 Å². The number of carbonyl (C=O) groups is 2. The molecule has 0 radical (unpaired) electrons. The molecule has 1 aromatic heterocycles. The number of anilines is 1. The summed E-state index contributed by atoms with van der Waals surface area (Å²) in [5, 5.41) is 0.645. The highest BCUT2D eigenvalue weighted by atomic mass is 35.5. The van der Waals surface area contributed by atoms with Crippen molar-refractivity contribution in [3.63, 3.8) is 0 Å². The minimum atomic E-state index is -0.537. The van der Waals surface area contributed by atoms with E-state index in [9.17, 15) is 9.59 Å². The number of esters is 1. The lowest BCUT2D eigenvalue weighted by Gasteiger charge is -2.18. The highest BCUT2D eigenvalue weighted by molar-refractivity contribution is 6.30. The maximum Gasteiger partial charge on any atom is 0.340 e. The molecule has 0 fully saturated rings. The molecule has 0 spiro atoms. The number of aromatic nitrogens is 1. The molecule has 0 saturated heterocycles. The highest BCUT2D eigenvalue weighted by Crippen LogP contribution is 2.36. The minimum absolute atomic E-state index is 0.260. The molecule has 0 N–H and O–H groups in total. The van der Waals surface area contributed by atoms with Crippen LogP contribution < -0.4 is 4.90 Å². The first-order valence-electron chi connectivity index (χ1n) is 10.6. The fraction of sp³-hybridized carbons (Fsp3) is 0.185. The van der Waals surface area contributed by atoms with Crippen molar-refractivity contribution in [2.75, 3.05) is 12.0 Å². The number of nitrogens with zero attached hydrogens (tertiary/aromatic N) is 2. The van der Waals surface area contributed by atoms with E-state index in [0.29, 0.717) is 22.0 Å². The Morgan fingerprint density at radius 1 is 0.970 bits per heavy atom. The SMILES string of the molecule is COC(=O)C1=C(C)N(c2ccc(C)cc2)C(=O)/C1=C\c1cc(C)n(-c2cccc(Cl)c2)c1C. The third-order valence-electron chi connectivity index (χ3n) is 5.92. The van der Waals surface area contributed by atoms with E-state index >= 15 is 0 Å². The molecular weight excluding hydrogens is 436 g/mol. The van der Waals surface area contributed by atoms with Gasteiger partial charge in [-0.25, -0.2) is 4.79 Å². The minimum Gasteiger partial charge on any atom is -0.465 e. The fourth-order valence-corrected chi connectivity index (χ4v) is 4.47. The monoisotopic (exact) mass is 460 g/mol. The number of allylic oxidation sites excluding steroid dienone is 1. The zero-order valence-electron chi connectivity index (χ0n) is 19.3. The van der Waals surface area contributed by atoms with Crippen LogP contribution in [0.5, 0.6) is 0 Å². The van der Waals surface area contributed by atoms with Gasteiger partial charge in [0.25, 0.3) is 5.91 Å². The number of aryl methyl sites for hydroxylation is 2. The summed E-state index contributed by atoms with van der Waals surface area (Å²) in [5.74, 6) is -0.797. The van der Waals surface area contributed by atoms with Crippen LogP contribution in [0.2, 0.25) is 5.02 Å². The summed E-state index contributed by atoms with van der Waals surface area (Å²) >= 11 is 6.20. The zero-order valence-corrected chi connectivity index (χ0v) is 20.0. The van der Waals surface area contributed by atoms with E-state index in [4.69, 9.17) is 16.3 Å². The first-order valence-corrected chi connectivity index (χ1v) is 11.0. The molecule has 0 atom stereocenters. The third-order valence-corrected chi connectivity index (χ3v) is 6.15. The zero-order chi connectivity index (χ0) is 23.9. The van der Waals surface area contributed by atoms with Gasteiger partial charge in [0.1, 0.15) is 0 Å². The van der Waals surface area contributed by atoms with E-state index in [1.165, 1.54) is 7.11 Å². The van der Waals surface area contributed by atoms with Gasteiger partial charge in [-0.3, -0.25) is 9.69 Å². The van der Waals surface area contributed by atoms with Crippen LogP contribution in [0.15, 0.2) is 71.4 Å².